The molecule has 0 radical (unpaired) electrons. The first-order valence-corrected chi connectivity index (χ1v) is 9.28. The van der Waals surface area contributed by atoms with Gasteiger partial charge in [0.2, 0.25) is 11.8 Å². The molecule has 1 N–H and O–H groups in total. The molecule has 2 amide bonds. The molecule has 1 aromatic carbocycles. The zero-order valence-corrected chi connectivity index (χ0v) is 15.7. The van der Waals surface area contributed by atoms with Gasteiger partial charge in [0.1, 0.15) is 12.2 Å². The number of rotatable bonds is 4. The number of thioether (sulfide) groups is 1. The Morgan fingerprint density at radius 2 is 2.12 bits per heavy atom. The number of nitrogens with zero attached hydrogens (tertiary/aromatic N) is 3. The van der Waals surface area contributed by atoms with E-state index < -0.39 is 5.56 Å². The van der Waals surface area contributed by atoms with Gasteiger partial charge in [0, 0.05) is 12.7 Å². The average Bonchev–Trinajstić information content (AvgIpc) is 2.62. The highest BCUT2D eigenvalue weighted by atomic mass is 32.2. The fourth-order valence-corrected chi connectivity index (χ4v) is 3.82. The van der Waals surface area contributed by atoms with Crippen molar-refractivity contribution in [2.45, 2.75) is 31.7 Å². The van der Waals surface area contributed by atoms with Crippen LogP contribution in [0.1, 0.15) is 18.1 Å². The molecule has 0 saturated heterocycles. The van der Waals surface area contributed by atoms with Crippen LogP contribution in [0.3, 0.4) is 0 Å². The van der Waals surface area contributed by atoms with Gasteiger partial charge in [-0.2, -0.15) is 5.10 Å². The first-order valence-electron chi connectivity index (χ1n) is 8.30. The van der Waals surface area contributed by atoms with E-state index in [0.717, 1.165) is 27.9 Å². The van der Waals surface area contributed by atoms with Crippen LogP contribution in [0.5, 0.6) is 0 Å². The number of amides is 2. The maximum atomic E-state index is 12.7. The Bertz CT molecular complexity index is 939. The second-order valence-corrected chi connectivity index (χ2v) is 7.09. The zero-order valence-electron chi connectivity index (χ0n) is 14.9. The molecular formula is C18H20N4O3S. The number of aryl methyl sites for hydroxylation is 2. The number of para-hydroxylation sites is 1. The van der Waals surface area contributed by atoms with Crippen molar-refractivity contribution in [3.63, 3.8) is 0 Å². The fraction of sp³-hybridized carbons (Fsp3) is 0.333. The highest BCUT2D eigenvalue weighted by Gasteiger charge is 2.26. The van der Waals surface area contributed by atoms with E-state index in [4.69, 9.17) is 0 Å². The molecule has 1 aliphatic heterocycles. The molecule has 2 heterocycles. The van der Waals surface area contributed by atoms with Crippen LogP contribution in [-0.4, -0.2) is 34.4 Å². The Labute approximate surface area is 155 Å². The monoisotopic (exact) mass is 372 g/mol. The predicted molar refractivity (Wildman–Crippen MR) is 102 cm³/mol. The second kappa shape index (κ2) is 7.33. The normalized spacial score (nSPS) is 13.5. The van der Waals surface area contributed by atoms with Crippen LogP contribution >= 0.6 is 11.8 Å². The molecule has 3 rings (SSSR count). The summed E-state index contributed by atoms with van der Waals surface area (Å²) in [5.41, 5.74) is 2.60. The van der Waals surface area contributed by atoms with Gasteiger partial charge in [-0.15, -0.1) is 11.8 Å². The largest absolute Gasteiger partial charge is 0.324 e. The number of hydrogen-bond donors (Lipinski definition) is 1. The van der Waals surface area contributed by atoms with Crippen molar-refractivity contribution in [1.29, 1.82) is 0 Å². The molecule has 0 atom stereocenters. The maximum absolute atomic E-state index is 12.7. The molecule has 8 heteroatoms. The first kappa shape index (κ1) is 18.2. The zero-order chi connectivity index (χ0) is 18.8. The molecule has 0 aliphatic carbocycles. The minimum atomic E-state index is -0.443. The number of carbonyl (C=O) groups excluding carboxylic acids is 2. The van der Waals surface area contributed by atoms with Crippen LogP contribution in [0.25, 0.3) is 0 Å². The molecule has 0 bridgehead atoms. The number of hydrogen-bond acceptors (Lipinski definition) is 5. The van der Waals surface area contributed by atoms with Gasteiger partial charge in [-0.3, -0.25) is 14.4 Å². The summed E-state index contributed by atoms with van der Waals surface area (Å²) < 4.78 is 1.09. The molecule has 26 heavy (non-hydrogen) atoms. The van der Waals surface area contributed by atoms with Gasteiger partial charge in [0.05, 0.1) is 16.8 Å². The van der Waals surface area contributed by atoms with Gasteiger partial charge in [-0.25, -0.2) is 4.68 Å². The van der Waals surface area contributed by atoms with Gasteiger partial charge in [-0.05, 0) is 24.5 Å². The van der Waals surface area contributed by atoms with Gasteiger partial charge >= 0.3 is 0 Å². The molecule has 0 unspecified atom stereocenters. The lowest BCUT2D eigenvalue weighted by Crippen LogP contribution is -2.40. The van der Waals surface area contributed by atoms with Crippen LogP contribution in [0.4, 0.5) is 11.4 Å². The Morgan fingerprint density at radius 3 is 2.85 bits per heavy atom. The minimum Gasteiger partial charge on any atom is -0.324 e. The molecule has 0 saturated carbocycles. The Morgan fingerprint density at radius 1 is 1.35 bits per heavy atom. The van der Waals surface area contributed by atoms with Crippen molar-refractivity contribution in [2.75, 3.05) is 23.0 Å². The first-order chi connectivity index (χ1) is 12.4. The molecule has 2 aromatic rings. The molecule has 1 aromatic heterocycles. The summed E-state index contributed by atoms with van der Waals surface area (Å²) in [6.07, 6.45) is 2.32. The smallest absolute Gasteiger partial charge is 0.292 e. The van der Waals surface area contributed by atoms with Crippen LogP contribution < -0.4 is 15.8 Å². The third kappa shape index (κ3) is 3.37. The van der Waals surface area contributed by atoms with Crippen molar-refractivity contribution >= 4 is 35.0 Å². The van der Waals surface area contributed by atoms with Gasteiger partial charge < -0.3 is 10.2 Å². The van der Waals surface area contributed by atoms with Crippen molar-refractivity contribution in [2.24, 2.45) is 0 Å². The SMILES string of the molecule is CCc1cccc(C)c1NC(=O)Cn1ncc2c(c1=O)N(C)C(=O)CS2. The Hall–Kier alpha value is -2.61. The number of aromatic nitrogens is 2. The highest BCUT2D eigenvalue weighted by Crippen LogP contribution is 2.30. The van der Waals surface area contributed by atoms with Crippen molar-refractivity contribution in [3.05, 3.63) is 45.9 Å². The quantitative estimate of drug-likeness (QED) is 0.885. The summed E-state index contributed by atoms with van der Waals surface area (Å²) >= 11 is 1.28. The second-order valence-electron chi connectivity index (χ2n) is 6.07. The third-order valence-corrected chi connectivity index (χ3v) is 5.34. The van der Waals surface area contributed by atoms with Gasteiger partial charge in [0.25, 0.3) is 5.56 Å². The summed E-state index contributed by atoms with van der Waals surface area (Å²) in [6, 6.07) is 5.84. The van der Waals surface area contributed by atoms with Crippen molar-refractivity contribution < 1.29 is 9.59 Å². The number of fused-ring (bicyclic) bond motifs is 1. The number of benzene rings is 1. The molecule has 0 fully saturated rings. The van der Waals surface area contributed by atoms with Gasteiger partial charge in [-0.1, -0.05) is 25.1 Å². The topological polar surface area (TPSA) is 84.3 Å². The molecule has 1 aliphatic rings. The van der Waals surface area contributed by atoms with Crippen molar-refractivity contribution in [1.82, 2.24) is 9.78 Å². The summed E-state index contributed by atoms with van der Waals surface area (Å²) in [6.45, 7) is 3.73. The number of nitrogens with one attached hydrogen (secondary N) is 1. The van der Waals surface area contributed by atoms with E-state index in [1.165, 1.54) is 22.9 Å². The molecule has 7 nitrogen and oxygen atoms in total. The van der Waals surface area contributed by atoms with E-state index in [-0.39, 0.29) is 29.8 Å². The fourth-order valence-electron chi connectivity index (χ4n) is 2.87. The van der Waals surface area contributed by atoms with E-state index >= 15 is 0 Å². The van der Waals surface area contributed by atoms with E-state index in [9.17, 15) is 14.4 Å². The highest BCUT2D eigenvalue weighted by molar-refractivity contribution is 8.00. The summed E-state index contributed by atoms with van der Waals surface area (Å²) in [7, 11) is 1.56. The van der Waals surface area contributed by atoms with E-state index in [1.807, 2.05) is 32.0 Å². The third-order valence-electron chi connectivity index (χ3n) is 4.34. The van der Waals surface area contributed by atoms with Crippen LogP contribution in [0, 0.1) is 6.92 Å². The summed E-state index contributed by atoms with van der Waals surface area (Å²) in [4.78, 5) is 39.0. The average molecular weight is 372 g/mol. The Kier molecular flexibility index (Phi) is 5.13. The predicted octanol–water partition coefficient (Wildman–Crippen LogP) is 1.82. The van der Waals surface area contributed by atoms with E-state index in [1.54, 1.807) is 7.05 Å². The van der Waals surface area contributed by atoms with Gasteiger partial charge in [0.15, 0.2) is 0 Å². The van der Waals surface area contributed by atoms with E-state index in [0.29, 0.717) is 4.90 Å². The summed E-state index contributed by atoms with van der Waals surface area (Å²) in [5.74, 6) is -0.197. The minimum absolute atomic E-state index is 0.144. The lowest BCUT2D eigenvalue weighted by Gasteiger charge is -2.24. The molecule has 136 valence electrons. The van der Waals surface area contributed by atoms with Crippen LogP contribution in [0.15, 0.2) is 34.1 Å². The molecule has 0 spiro atoms. The standard InChI is InChI=1S/C18H20N4O3S/c1-4-12-7-5-6-11(2)16(12)20-14(23)9-22-18(25)17-13(8-19-22)26-10-15(24)21(17)3/h5-8H,4,9-10H2,1-3H3,(H,20,23). The maximum Gasteiger partial charge on any atom is 0.292 e. The number of anilines is 2. The Balaban J connectivity index is 1.85. The van der Waals surface area contributed by atoms with Crippen LogP contribution in [0.2, 0.25) is 0 Å². The summed E-state index contributed by atoms with van der Waals surface area (Å²) in [5, 5.41) is 6.96. The van der Waals surface area contributed by atoms with Crippen molar-refractivity contribution in [3.8, 4) is 0 Å². The number of carbonyl (C=O) groups is 2. The lowest BCUT2D eigenvalue weighted by molar-refractivity contribution is -0.117. The van der Waals surface area contributed by atoms with Crippen LogP contribution in [-0.2, 0) is 22.6 Å². The lowest BCUT2D eigenvalue weighted by atomic mass is 10.1. The molecular weight excluding hydrogens is 352 g/mol. The van der Waals surface area contributed by atoms with E-state index in [2.05, 4.69) is 10.4 Å².